The third kappa shape index (κ3) is 3.75. The summed E-state index contributed by atoms with van der Waals surface area (Å²) in [6.07, 6.45) is 1.09. The molecule has 0 heterocycles. The van der Waals surface area contributed by atoms with Gasteiger partial charge < -0.3 is 0 Å². The zero-order valence-corrected chi connectivity index (χ0v) is 10.6. The average molecular weight is 247 g/mol. The van der Waals surface area contributed by atoms with Gasteiger partial charge in [0, 0.05) is 10.9 Å². The smallest absolute Gasteiger partial charge is 0.129 e. The monoisotopic (exact) mass is 246 g/mol. The van der Waals surface area contributed by atoms with Crippen LogP contribution in [-0.2, 0) is 6.42 Å². The minimum Gasteiger partial charge on any atom is -0.207 e. The van der Waals surface area contributed by atoms with Gasteiger partial charge in [-0.15, -0.1) is 11.6 Å². The molecule has 0 spiro atoms. The van der Waals surface area contributed by atoms with E-state index in [-0.39, 0.29) is 16.4 Å². The Hall–Kier alpha value is -0.630. The van der Waals surface area contributed by atoms with Gasteiger partial charge in [0.2, 0.25) is 0 Å². The Balaban J connectivity index is 2.87. The first-order valence-electron chi connectivity index (χ1n) is 5.39. The lowest BCUT2D eigenvalue weighted by Gasteiger charge is -2.26. The Labute approximate surface area is 101 Å². The van der Waals surface area contributed by atoms with Crippen LogP contribution in [0, 0.1) is 17.0 Å². The van der Waals surface area contributed by atoms with Crippen molar-refractivity contribution in [2.24, 2.45) is 5.41 Å². The SMILES string of the molecule is CC(Cl)CC(C)(C)Cc1c(F)cccc1F. The summed E-state index contributed by atoms with van der Waals surface area (Å²) in [7, 11) is 0. The van der Waals surface area contributed by atoms with E-state index in [1.54, 1.807) is 0 Å². The van der Waals surface area contributed by atoms with Gasteiger partial charge in [-0.05, 0) is 37.3 Å². The zero-order chi connectivity index (χ0) is 12.3. The largest absolute Gasteiger partial charge is 0.207 e. The summed E-state index contributed by atoms with van der Waals surface area (Å²) in [6.45, 7) is 5.83. The van der Waals surface area contributed by atoms with E-state index in [0.717, 1.165) is 6.42 Å². The summed E-state index contributed by atoms with van der Waals surface area (Å²) >= 11 is 5.92. The maximum atomic E-state index is 13.4. The van der Waals surface area contributed by atoms with E-state index in [0.29, 0.717) is 6.42 Å². The highest BCUT2D eigenvalue weighted by atomic mass is 35.5. The second-order valence-corrected chi connectivity index (χ2v) is 5.77. The molecular formula is C13H17ClF2. The number of rotatable bonds is 4. The van der Waals surface area contributed by atoms with Crippen molar-refractivity contribution in [3.63, 3.8) is 0 Å². The van der Waals surface area contributed by atoms with E-state index in [1.165, 1.54) is 18.2 Å². The van der Waals surface area contributed by atoms with Crippen LogP contribution in [0.2, 0.25) is 0 Å². The molecule has 0 fully saturated rings. The molecule has 1 aromatic carbocycles. The van der Waals surface area contributed by atoms with Gasteiger partial charge in [-0.3, -0.25) is 0 Å². The molecule has 0 nitrogen and oxygen atoms in total. The van der Waals surface area contributed by atoms with E-state index in [9.17, 15) is 8.78 Å². The van der Waals surface area contributed by atoms with Gasteiger partial charge >= 0.3 is 0 Å². The van der Waals surface area contributed by atoms with Gasteiger partial charge in [-0.25, -0.2) is 8.78 Å². The van der Waals surface area contributed by atoms with Crippen LogP contribution in [0.25, 0.3) is 0 Å². The van der Waals surface area contributed by atoms with Gasteiger partial charge in [0.15, 0.2) is 0 Å². The highest BCUT2D eigenvalue weighted by Gasteiger charge is 2.24. The summed E-state index contributed by atoms with van der Waals surface area (Å²) in [5.41, 5.74) is -0.0469. The van der Waals surface area contributed by atoms with Crippen LogP contribution in [0.15, 0.2) is 18.2 Å². The molecule has 90 valence electrons. The summed E-state index contributed by atoms with van der Waals surface area (Å²) in [5.74, 6) is -0.953. The molecule has 0 bridgehead atoms. The molecule has 1 aromatic rings. The fraction of sp³-hybridized carbons (Fsp3) is 0.538. The van der Waals surface area contributed by atoms with Gasteiger partial charge in [0.05, 0.1) is 0 Å². The minimum absolute atomic E-state index is 0.00448. The van der Waals surface area contributed by atoms with Crippen LogP contribution in [-0.4, -0.2) is 5.38 Å². The van der Waals surface area contributed by atoms with Crippen LogP contribution in [0.3, 0.4) is 0 Å². The molecule has 1 unspecified atom stereocenters. The predicted octanol–water partition coefficient (Wildman–Crippen LogP) is 4.55. The van der Waals surface area contributed by atoms with Crippen molar-refractivity contribution in [2.75, 3.05) is 0 Å². The lowest BCUT2D eigenvalue weighted by Crippen LogP contribution is -2.20. The molecule has 3 heteroatoms. The number of hydrogen-bond donors (Lipinski definition) is 0. The Morgan fingerprint density at radius 1 is 1.25 bits per heavy atom. The first-order chi connectivity index (χ1) is 7.32. The second-order valence-electron chi connectivity index (χ2n) is 5.03. The van der Waals surface area contributed by atoms with Gasteiger partial charge in [-0.2, -0.15) is 0 Å². The molecule has 0 amide bonds. The van der Waals surface area contributed by atoms with Crippen LogP contribution in [0.5, 0.6) is 0 Å². The molecule has 0 aliphatic rings. The average Bonchev–Trinajstić information content (AvgIpc) is 2.09. The summed E-state index contributed by atoms with van der Waals surface area (Å²) in [6, 6.07) is 3.96. The first kappa shape index (κ1) is 13.4. The number of hydrogen-bond acceptors (Lipinski definition) is 0. The van der Waals surface area contributed by atoms with Crippen LogP contribution in [0.1, 0.15) is 32.8 Å². The molecule has 0 aromatic heterocycles. The van der Waals surface area contributed by atoms with Crippen LogP contribution < -0.4 is 0 Å². The minimum atomic E-state index is -0.477. The van der Waals surface area contributed by atoms with Gasteiger partial charge in [-0.1, -0.05) is 19.9 Å². The van der Waals surface area contributed by atoms with Crippen LogP contribution in [0.4, 0.5) is 8.78 Å². The van der Waals surface area contributed by atoms with Gasteiger partial charge in [0.1, 0.15) is 11.6 Å². The maximum absolute atomic E-state index is 13.4. The molecule has 16 heavy (non-hydrogen) atoms. The molecule has 1 atom stereocenters. The topological polar surface area (TPSA) is 0 Å². The normalized spacial score (nSPS) is 13.9. The van der Waals surface area contributed by atoms with E-state index in [4.69, 9.17) is 11.6 Å². The van der Waals surface area contributed by atoms with E-state index in [2.05, 4.69) is 0 Å². The fourth-order valence-corrected chi connectivity index (χ4v) is 2.43. The third-order valence-electron chi connectivity index (χ3n) is 2.55. The number of halogens is 3. The number of benzene rings is 1. The van der Waals surface area contributed by atoms with Crippen LogP contribution >= 0.6 is 11.6 Å². The van der Waals surface area contributed by atoms with E-state index >= 15 is 0 Å². The molecule has 0 aliphatic heterocycles. The molecule has 0 aliphatic carbocycles. The van der Waals surface area contributed by atoms with Crippen molar-refractivity contribution < 1.29 is 8.78 Å². The standard InChI is InChI=1S/C13H17ClF2/c1-9(14)7-13(2,3)8-10-11(15)5-4-6-12(10)16/h4-6,9H,7-8H2,1-3H3. The third-order valence-corrected chi connectivity index (χ3v) is 2.71. The molecular weight excluding hydrogens is 230 g/mol. The highest BCUT2D eigenvalue weighted by Crippen LogP contribution is 2.31. The molecule has 0 N–H and O–H groups in total. The van der Waals surface area contributed by atoms with E-state index < -0.39 is 11.6 Å². The first-order valence-corrected chi connectivity index (χ1v) is 5.82. The lowest BCUT2D eigenvalue weighted by molar-refractivity contribution is 0.321. The molecule has 0 saturated carbocycles. The Kier molecular flexibility index (Phi) is 4.31. The zero-order valence-electron chi connectivity index (χ0n) is 9.86. The van der Waals surface area contributed by atoms with Crippen molar-refractivity contribution in [1.82, 2.24) is 0 Å². The Bertz CT molecular complexity index is 339. The fourth-order valence-electron chi connectivity index (χ4n) is 2.01. The second kappa shape index (κ2) is 5.13. The van der Waals surface area contributed by atoms with Crippen molar-refractivity contribution in [3.8, 4) is 0 Å². The van der Waals surface area contributed by atoms with Crippen molar-refractivity contribution >= 4 is 11.6 Å². The van der Waals surface area contributed by atoms with Crippen molar-refractivity contribution in [3.05, 3.63) is 35.4 Å². The van der Waals surface area contributed by atoms with Crippen molar-refractivity contribution in [1.29, 1.82) is 0 Å². The maximum Gasteiger partial charge on any atom is 0.129 e. The predicted molar refractivity (Wildman–Crippen MR) is 63.8 cm³/mol. The van der Waals surface area contributed by atoms with E-state index in [1.807, 2.05) is 20.8 Å². The number of alkyl halides is 1. The Morgan fingerprint density at radius 2 is 1.75 bits per heavy atom. The highest BCUT2D eigenvalue weighted by molar-refractivity contribution is 6.20. The van der Waals surface area contributed by atoms with Crippen molar-refractivity contribution in [2.45, 2.75) is 39.0 Å². The summed E-state index contributed by atoms with van der Waals surface area (Å²) < 4.78 is 26.9. The molecule has 0 radical (unpaired) electrons. The summed E-state index contributed by atoms with van der Waals surface area (Å²) in [4.78, 5) is 0. The molecule has 1 rings (SSSR count). The summed E-state index contributed by atoms with van der Waals surface area (Å²) in [5, 5.41) is 0.00448. The Morgan fingerprint density at radius 3 is 2.19 bits per heavy atom. The lowest BCUT2D eigenvalue weighted by atomic mass is 9.81. The molecule has 0 saturated heterocycles. The van der Waals surface area contributed by atoms with Gasteiger partial charge in [0.25, 0.3) is 0 Å². The quantitative estimate of drug-likeness (QED) is 0.684.